The van der Waals surface area contributed by atoms with E-state index in [1.165, 1.54) is 29.4 Å². The fraction of sp³-hybridized carbons (Fsp3) is 0.286. The molecule has 2 aromatic carbocycles. The summed E-state index contributed by atoms with van der Waals surface area (Å²) >= 11 is 0. The number of carbonyl (C=O) groups is 1. The van der Waals surface area contributed by atoms with Gasteiger partial charge in [-0.2, -0.15) is 0 Å². The summed E-state index contributed by atoms with van der Waals surface area (Å²) in [6.07, 6.45) is 2.15. The molecule has 2 aromatic heterocycles. The first kappa shape index (κ1) is 22.6. The lowest BCUT2D eigenvalue weighted by Gasteiger charge is -2.11. The maximum absolute atomic E-state index is 12.5. The first-order chi connectivity index (χ1) is 15.8. The minimum atomic E-state index is -3.55. The molecular formula is C21H24N8O3S. The van der Waals surface area contributed by atoms with Crippen molar-refractivity contribution in [2.45, 2.75) is 31.2 Å². The van der Waals surface area contributed by atoms with E-state index in [2.05, 4.69) is 25.8 Å². The van der Waals surface area contributed by atoms with Gasteiger partial charge in [0.25, 0.3) is 0 Å². The van der Waals surface area contributed by atoms with Gasteiger partial charge >= 0.3 is 0 Å². The van der Waals surface area contributed by atoms with Crippen molar-refractivity contribution in [1.29, 1.82) is 0 Å². The maximum atomic E-state index is 12.5. The van der Waals surface area contributed by atoms with Gasteiger partial charge in [0.15, 0.2) is 0 Å². The molecule has 11 nitrogen and oxygen atoms in total. The van der Waals surface area contributed by atoms with Crippen molar-refractivity contribution in [3.05, 3.63) is 54.6 Å². The lowest BCUT2D eigenvalue weighted by molar-refractivity contribution is -0.116. The number of rotatable bonds is 8. The molecule has 33 heavy (non-hydrogen) atoms. The van der Waals surface area contributed by atoms with Crippen molar-refractivity contribution in [3.8, 4) is 5.69 Å². The van der Waals surface area contributed by atoms with Crippen molar-refractivity contribution in [2.75, 3.05) is 19.4 Å². The highest BCUT2D eigenvalue weighted by atomic mass is 32.2. The van der Waals surface area contributed by atoms with Gasteiger partial charge in [0, 0.05) is 39.2 Å². The van der Waals surface area contributed by atoms with Gasteiger partial charge in [-0.15, -0.1) is 5.10 Å². The quantitative estimate of drug-likeness (QED) is 0.418. The van der Waals surface area contributed by atoms with Crippen LogP contribution in [0.1, 0.15) is 19.2 Å². The van der Waals surface area contributed by atoms with E-state index in [0.29, 0.717) is 24.2 Å². The van der Waals surface area contributed by atoms with Crippen LogP contribution in [-0.4, -0.2) is 62.5 Å². The molecule has 0 aliphatic carbocycles. The first-order valence-electron chi connectivity index (χ1n) is 10.3. The average Bonchev–Trinajstić information content (AvgIpc) is 3.45. The molecule has 0 unspecified atom stereocenters. The van der Waals surface area contributed by atoms with Gasteiger partial charge < -0.3 is 9.88 Å². The molecule has 0 radical (unpaired) electrons. The van der Waals surface area contributed by atoms with Gasteiger partial charge in [-0.25, -0.2) is 22.4 Å². The molecule has 0 spiro atoms. The molecule has 0 bridgehead atoms. The van der Waals surface area contributed by atoms with Gasteiger partial charge in [0.05, 0.1) is 21.6 Å². The zero-order valence-electron chi connectivity index (χ0n) is 18.5. The number of imidazole rings is 1. The number of carbonyl (C=O) groups excluding carboxylic acids is 1. The summed E-state index contributed by atoms with van der Waals surface area (Å²) in [6.45, 7) is 2.65. The predicted molar refractivity (Wildman–Crippen MR) is 122 cm³/mol. The number of nitrogens with one attached hydrogen (secondary N) is 1. The van der Waals surface area contributed by atoms with Gasteiger partial charge in [0.1, 0.15) is 12.2 Å². The van der Waals surface area contributed by atoms with Crippen LogP contribution in [0.25, 0.3) is 16.7 Å². The van der Waals surface area contributed by atoms with E-state index >= 15 is 0 Å². The Morgan fingerprint density at radius 1 is 1.12 bits per heavy atom. The fourth-order valence-corrected chi connectivity index (χ4v) is 4.42. The van der Waals surface area contributed by atoms with E-state index in [4.69, 9.17) is 0 Å². The predicted octanol–water partition coefficient (Wildman–Crippen LogP) is 1.85. The van der Waals surface area contributed by atoms with Crippen LogP contribution in [0.3, 0.4) is 0 Å². The molecule has 12 heteroatoms. The smallest absolute Gasteiger partial charge is 0.242 e. The molecule has 0 aliphatic heterocycles. The van der Waals surface area contributed by atoms with Crippen molar-refractivity contribution in [3.63, 3.8) is 0 Å². The molecule has 4 aromatic rings. The molecule has 1 amide bonds. The summed E-state index contributed by atoms with van der Waals surface area (Å²) in [7, 11) is -0.562. The van der Waals surface area contributed by atoms with Crippen LogP contribution in [-0.2, 0) is 27.8 Å². The molecule has 0 fully saturated rings. The Labute approximate surface area is 191 Å². The monoisotopic (exact) mass is 468 g/mol. The SMILES string of the molecule is CCn1c(CCC(=O)Nc2ccc(-n3cnnn3)cc2)nc2cc(S(=O)(=O)N(C)C)ccc21. The number of aromatic nitrogens is 6. The summed E-state index contributed by atoms with van der Waals surface area (Å²) in [5, 5.41) is 13.9. The number of nitrogens with zero attached hydrogens (tertiary/aromatic N) is 7. The third-order valence-electron chi connectivity index (χ3n) is 5.23. The first-order valence-corrected chi connectivity index (χ1v) is 11.8. The summed E-state index contributed by atoms with van der Waals surface area (Å²) in [5.41, 5.74) is 2.88. The summed E-state index contributed by atoms with van der Waals surface area (Å²) in [5.74, 6) is 0.590. The average molecular weight is 469 g/mol. The van der Waals surface area contributed by atoms with E-state index in [0.717, 1.165) is 17.0 Å². The lowest BCUT2D eigenvalue weighted by atomic mass is 10.2. The number of aryl methyl sites for hydroxylation is 2. The molecular weight excluding hydrogens is 444 g/mol. The van der Waals surface area contributed by atoms with Gasteiger partial charge in [0.2, 0.25) is 15.9 Å². The number of tetrazole rings is 1. The Kier molecular flexibility index (Phi) is 6.20. The minimum absolute atomic E-state index is 0.143. The van der Waals surface area contributed by atoms with Crippen LogP contribution in [0, 0.1) is 0 Å². The standard InChI is InChI=1S/C21H24N8O3S/c1-4-28-19-10-9-17(33(31,32)27(2)3)13-18(19)24-20(28)11-12-21(30)23-15-5-7-16(8-6-15)29-14-22-25-26-29/h5-10,13-14H,4,11-12H2,1-3H3,(H,23,30). The van der Waals surface area contributed by atoms with E-state index < -0.39 is 10.0 Å². The Morgan fingerprint density at radius 3 is 2.52 bits per heavy atom. The molecule has 2 heterocycles. The van der Waals surface area contributed by atoms with Gasteiger partial charge in [-0.3, -0.25) is 4.79 Å². The molecule has 0 saturated heterocycles. The largest absolute Gasteiger partial charge is 0.328 e. The second-order valence-electron chi connectivity index (χ2n) is 7.56. The van der Waals surface area contributed by atoms with Gasteiger partial charge in [-0.1, -0.05) is 0 Å². The second kappa shape index (κ2) is 9.08. The summed E-state index contributed by atoms with van der Waals surface area (Å²) in [4.78, 5) is 17.3. The van der Waals surface area contributed by atoms with Crippen LogP contribution in [0.2, 0.25) is 0 Å². The molecule has 172 valence electrons. The third kappa shape index (κ3) is 4.61. The van der Waals surface area contributed by atoms with Crippen molar-refractivity contribution < 1.29 is 13.2 Å². The second-order valence-corrected chi connectivity index (χ2v) is 9.71. The minimum Gasteiger partial charge on any atom is -0.328 e. The molecule has 4 rings (SSSR count). The van der Waals surface area contributed by atoms with Crippen LogP contribution < -0.4 is 5.32 Å². The summed E-state index contributed by atoms with van der Waals surface area (Å²) < 4.78 is 29.6. The third-order valence-corrected chi connectivity index (χ3v) is 7.04. The fourth-order valence-electron chi connectivity index (χ4n) is 3.50. The number of hydrogen-bond donors (Lipinski definition) is 1. The maximum Gasteiger partial charge on any atom is 0.242 e. The van der Waals surface area contributed by atoms with Crippen molar-refractivity contribution in [1.82, 2.24) is 34.1 Å². The molecule has 0 aliphatic rings. The van der Waals surface area contributed by atoms with Crippen LogP contribution in [0.15, 0.2) is 53.7 Å². The zero-order valence-corrected chi connectivity index (χ0v) is 19.3. The van der Waals surface area contributed by atoms with Crippen LogP contribution in [0.5, 0.6) is 0 Å². The molecule has 0 atom stereocenters. The van der Waals surface area contributed by atoms with Crippen molar-refractivity contribution in [2.24, 2.45) is 0 Å². The number of amides is 1. The Balaban J connectivity index is 1.46. The van der Waals surface area contributed by atoms with E-state index in [9.17, 15) is 13.2 Å². The van der Waals surface area contributed by atoms with E-state index in [1.54, 1.807) is 30.3 Å². The number of anilines is 1. The highest BCUT2D eigenvalue weighted by molar-refractivity contribution is 7.89. The topological polar surface area (TPSA) is 128 Å². The Bertz CT molecular complexity index is 1380. The van der Waals surface area contributed by atoms with E-state index in [1.807, 2.05) is 23.6 Å². The zero-order chi connectivity index (χ0) is 23.6. The number of hydrogen-bond acceptors (Lipinski definition) is 7. The Hall–Kier alpha value is -3.64. The molecule has 0 saturated carbocycles. The van der Waals surface area contributed by atoms with Crippen LogP contribution in [0.4, 0.5) is 5.69 Å². The van der Waals surface area contributed by atoms with Crippen molar-refractivity contribution >= 4 is 32.7 Å². The van der Waals surface area contributed by atoms with E-state index in [-0.39, 0.29) is 17.2 Å². The number of benzene rings is 2. The highest BCUT2D eigenvalue weighted by Gasteiger charge is 2.19. The normalized spacial score (nSPS) is 11.9. The number of sulfonamides is 1. The number of fused-ring (bicyclic) bond motifs is 1. The van der Waals surface area contributed by atoms with Gasteiger partial charge in [-0.05, 0) is 59.8 Å². The highest BCUT2D eigenvalue weighted by Crippen LogP contribution is 2.23. The lowest BCUT2D eigenvalue weighted by Crippen LogP contribution is -2.22. The summed E-state index contributed by atoms with van der Waals surface area (Å²) in [6, 6.07) is 12.1. The van der Waals surface area contributed by atoms with Crippen LogP contribution >= 0.6 is 0 Å². The molecule has 1 N–H and O–H groups in total. The Morgan fingerprint density at radius 2 is 1.88 bits per heavy atom.